The summed E-state index contributed by atoms with van der Waals surface area (Å²) in [5.74, 6) is 0.479. The van der Waals surface area contributed by atoms with Gasteiger partial charge in [-0.25, -0.2) is 14.4 Å². The second-order valence-electron chi connectivity index (χ2n) is 7.36. The van der Waals surface area contributed by atoms with E-state index in [1.165, 1.54) is 22.1 Å². The van der Waals surface area contributed by atoms with E-state index in [1.807, 2.05) is 6.07 Å². The summed E-state index contributed by atoms with van der Waals surface area (Å²) >= 11 is 0. The van der Waals surface area contributed by atoms with Crippen LogP contribution in [0.2, 0.25) is 0 Å². The van der Waals surface area contributed by atoms with E-state index in [4.69, 9.17) is 8.83 Å². The fraction of sp³-hybridized carbons (Fsp3) is 0.286. The van der Waals surface area contributed by atoms with Crippen molar-refractivity contribution in [2.75, 3.05) is 0 Å². The number of hydrogen-bond acceptors (Lipinski definition) is 7. The molecule has 10 nitrogen and oxygen atoms in total. The van der Waals surface area contributed by atoms with Crippen molar-refractivity contribution in [2.24, 2.45) is 5.10 Å². The standard InChI is InChI=1S/C21H17N5O5/c22-11-13-15-4-1-7-24(15)21(29)25(20(13)28)12-19(27)26-16(18-6-3-9-31-18)10-14(23-26)17-5-2-8-30-17/h2-3,5-6,8-9,16H,1,4,7,10,12H2/t16-/m1/s1. The zero-order valence-electron chi connectivity index (χ0n) is 16.4. The molecule has 0 fully saturated rings. The normalized spacial score (nSPS) is 17.5. The average Bonchev–Trinajstić information content (AvgIpc) is 3.56. The first-order chi connectivity index (χ1) is 15.1. The molecule has 31 heavy (non-hydrogen) atoms. The minimum Gasteiger partial charge on any atom is -0.467 e. The molecule has 5 heterocycles. The predicted molar refractivity (Wildman–Crippen MR) is 106 cm³/mol. The Bertz CT molecular complexity index is 1340. The molecule has 156 valence electrons. The van der Waals surface area contributed by atoms with Crippen LogP contribution < -0.4 is 11.2 Å². The third-order valence-electron chi connectivity index (χ3n) is 5.58. The summed E-state index contributed by atoms with van der Waals surface area (Å²) in [6.45, 7) is -0.115. The maximum Gasteiger partial charge on any atom is 0.331 e. The van der Waals surface area contributed by atoms with Gasteiger partial charge in [0.05, 0.1) is 12.5 Å². The monoisotopic (exact) mass is 419 g/mol. The van der Waals surface area contributed by atoms with Crippen LogP contribution in [-0.4, -0.2) is 25.8 Å². The molecule has 0 spiro atoms. The molecule has 0 unspecified atom stereocenters. The number of furan rings is 2. The fourth-order valence-electron chi connectivity index (χ4n) is 4.13. The van der Waals surface area contributed by atoms with Crippen LogP contribution in [0.4, 0.5) is 0 Å². The molecule has 5 rings (SSSR count). The van der Waals surface area contributed by atoms with Gasteiger partial charge in [0.15, 0.2) is 0 Å². The molecule has 10 heteroatoms. The van der Waals surface area contributed by atoms with Gasteiger partial charge in [-0.1, -0.05) is 0 Å². The summed E-state index contributed by atoms with van der Waals surface area (Å²) in [6.07, 6.45) is 4.53. The number of nitriles is 1. The third-order valence-corrected chi connectivity index (χ3v) is 5.58. The van der Waals surface area contributed by atoms with Gasteiger partial charge in [0.2, 0.25) is 0 Å². The fourth-order valence-corrected chi connectivity index (χ4v) is 4.13. The van der Waals surface area contributed by atoms with E-state index in [0.29, 0.717) is 48.7 Å². The highest BCUT2D eigenvalue weighted by molar-refractivity contribution is 6.01. The van der Waals surface area contributed by atoms with Crippen LogP contribution in [0.25, 0.3) is 0 Å². The molecule has 2 aliphatic heterocycles. The Morgan fingerprint density at radius 2 is 2.03 bits per heavy atom. The number of fused-ring (bicyclic) bond motifs is 1. The van der Waals surface area contributed by atoms with Crippen LogP contribution in [0.5, 0.6) is 0 Å². The van der Waals surface area contributed by atoms with Crippen molar-refractivity contribution in [3.05, 3.63) is 80.4 Å². The summed E-state index contributed by atoms with van der Waals surface area (Å²) < 4.78 is 13.1. The smallest absolute Gasteiger partial charge is 0.331 e. The Balaban J connectivity index is 1.53. The lowest BCUT2D eigenvalue weighted by molar-refractivity contribution is -0.134. The van der Waals surface area contributed by atoms with Crippen molar-refractivity contribution in [1.82, 2.24) is 14.1 Å². The van der Waals surface area contributed by atoms with Crippen molar-refractivity contribution in [2.45, 2.75) is 38.4 Å². The summed E-state index contributed by atoms with van der Waals surface area (Å²) in [5, 5.41) is 15.0. The number of nitrogens with zero attached hydrogens (tertiary/aromatic N) is 5. The Kier molecular flexibility index (Phi) is 4.43. The molecule has 0 bridgehead atoms. The molecular weight excluding hydrogens is 402 g/mol. The van der Waals surface area contributed by atoms with E-state index in [1.54, 1.807) is 24.3 Å². The van der Waals surface area contributed by atoms with Gasteiger partial charge in [-0.15, -0.1) is 0 Å². The molecule has 3 aromatic rings. The largest absolute Gasteiger partial charge is 0.467 e. The van der Waals surface area contributed by atoms with Gasteiger partial charge in [-0.05, 0) is 37.1 Å². The van der Waals surface area contributed by atoms with Crippen molar-refractivity contribution in [3.8, 4) is 6.07 Å². The zero-order valence-corrected chi connectivity index (χ0v) is 16.4. The third kappa shape index (κ3) is 3.02. The number of aromatic nitrogens is 2. The Hall–Kier alpha value is -4.13. The molecule has 1 amide bonds. The summed E-state index contributed by atoms with van der Waals surface area (Å²) in [4.78, 5) is 38.8. The van der Waals surface area contributed by atoms with Gasteiger partial charge in [0, 0.05) is 18.7 Å². The first-order valence-electron chi connectivity index (χ1n) is 9.82. The molecule has 0 aliphatic carbocycles. The second kappa shape index (κ2) is 7.28. The van der Waals surface area contributed by atoms with Crippen molar-refractivity contribution in [1.29, 1.82) is 5.26 Å². The number of rotatable bonds is 4. The minimum absolute atomic E-state index is 0.0892. The van der Waals surface area contributed by atoms with E-state index in [0.717, 1.165) is 4.57 Å². The van der Waals surface area contributed by atoms with Gasteiger partial charge in [-0.2, -0.15) is 10.4 Å². The van der Waals surface area contributed by atoms with Crippen LogP contribution in [0.1, 0.15) is 41.7 Å². The maximum absolute atomic E-state index is 13.2. The summed E-state index contributed by atoms with van der Waals surface area (Å²) in [5.41, 5.74) is -0.440. The quantitative estimate of drug-likeness (QED) is 0.629. The molecule has 3 aromatic heterocycles. The summed E-state index contributed by atoms with van der Waals surface area (Å²) in [7, 11) is 0. The first-order valence-corrected chi connectivity index (χ1v) is 9.82. The first kappa shape index (κ1) is 18.9. The van der Waals surface area contributed by atoms with Crippen LogP contribution >= 0.6 is 0 Å². The Morgan fingerprint density at radius 1 is 1.23 bits per heavy atom. The van der Waals surface area contributed by atoms with Crippen molar-refractivity contribution in [3.63, 3.8) is 0 Å². The number of hydrazone groups is 1. The van der Waals surface area contributed by atoms with Gasteiger partial charge >= 0.3 is 5.69 Å². The summed E-state index contributed by atoms with van der Waals surface area (Å²) in [6, 6.07) is 8.25. The lowest BCUT2D eigenvalue weighted by Gasteiger charge is -2.20. The highest BCUT2D eigenvalue weighted by Gasteiger charge is 2.36. The lowest BCUT2D eigenvalue weighted by atomic mass is 10.1. The molecule has 0 N–H and O–H groups in total. The number of carbonyl (C=O) groups is 1. The lowest BCUT2D eigenvalue weighted by Crippen LogP contribution is -2.45. The number of hydrogen-bond donors (Lipinski definition) is 0. The van der Waals surface area contributed by atoms with E-state index in [-0.39, 0.29) is 5.56 Å². The number of carbonyl (C=O) groups excluding carboxylic acids is 1. The maximum atomic E-state index is 13.2. The highest BCUT2D eigenvalue weighted by Crippen LogP contribution is 2.33. The van der Waals surface area contributed by atoms with Gasteiger partial charge in [0.1, 0.15) is 41.5 Å². The van der Waals surface area contributed by atoms with Crippen LogP contribution in [0, 0.1) is 11.3 Å². The van der Waals surface area contributed by atoms with Gasteiger partial charge in [-0.3, -0.25) is 14.2 Å². The van der Waals surface area contributed by atoms with Gasteiger partial charge < -0.3 is 8.83 Å². The Morgan fingerprint density at radius 3 is 2.74 bits per heavy atom. The molecule has 2 aliphatic rings. The van der Waals surface area contributed by atoms with E-state index in [9.17, 15) is 19.6 Å². The number of amides is 1. The molecule has 0 saturated heterocycles. The topological polar surface area (TPSA) is 127 Å². The SMILES string of the molecule is N#Cc1c2n(c(=O)n(CC(=O)N3N=C(c4ccco4)C[C@@H]3c3ccco3)c1=O)CCC2. The van der Waals surface area contributed by atoms with Crippen LogP contribution in [-0.2, 0) is 24.3 Å². The van der Waals surface area contributed by atoms with Gasteiger partial charge in [0.25, 0.3) is 11.5 Å². The van der Waals surface area contributed by atoms with Crippen LogP contribution in [0.3, 0.4) is 0 Å². The average molecular weight is 419 g/mol. The zero-order chi connectivity index (χ0) is 21.5. The molecular formula is C21H17N5O5. The minimum atomic E-state index is -0.752. The molecule has 1 atom stereocenters. The van der Waals surface area contributed by atoms with E-state index >= 15 is 0 Å². The molecule has 0 aromatic carbocycles. The van der Waals surface area contributed by atoms with E-state index in [2.05, 4.69) is 5.10 Å². The van der Waals surface area contributed by atoms with Crippen molar-refractivity contribution < 1.29 is 13.6 Å². The highest BCUT2D eigenvalue weighted by atomic mass is 16.3. The van der Waals surface area contributed by atoms with Crippen LogP contribution in [0.15, 0.2) is 60.3 Å². The second-order valence-corrected chi connectivity index (χ2v) is 7.36. The molecule has 0 radical (unpaired) electrons. The Labute approximate surface area is 175 Å². The van der Waals surface area contributed by atoms with Crippen molar-refractivity contribution >= 4 is 11.6 Å². The molecule has 0 saturated carbocycles. The van der Waals surface area contributed by atoms with E-state index < -0.39 is 29.7 Å². The predicted octanol–water partition coefficient (Wildman–Crippen LogP) is 1.39.